The van der Waals surface area contributed by atoms with Crippen LogP contribution < -0.4 is 0 Å². The van der Waals surface area contributed by atoms with Gasteiger partial charge in [-0.2, -0.15) is 0 Å². The Morgan fingerprint density at radius 1 is 1.33 bits per heavy atom. The maximum atomic E-state index is 3.27. The lowest BCUT2D eigenvalue weighted by Gasteiger charge is -2.24. The first-order chi connectivity index (χ1) is 5.95. The van der Waals surface area contributed by atoms with E-state index >= 15 is 0 Å². The predicted molar refractivity (Wildman–Crippen MR) is 50.9 cm³/mol. The third-order valence-corrected chi connectivity index (χ3v) is 2.82. The van der Waals surface area contributed by atoms with Crippen molar-refractivity contribution in [2.75, 3.05) is 0 Å². The second-order valence-electron chi connectivity index (χ2n) is 3.72. The van der Waals surface area contributed by atoms with Crippen LogP contribution in [0.25, 0.3) is 0 Å². The molecule has 0 amide bonds. The van der Waals surface area contributed by atoms with Gasteiger partial charge < -0.3 is 0 Å². The summed E-state index contributed by atoms with van der Waals surface area (Å²) in [6, 6.07) is 11.6. The molecule has 12 heavy (non-hydrogen) atoms. The molecule has 0 saturated heterocycles. The molecule has 0 bridgehead atoms. The fraction of sp³-hybridized carbons (Fsp3) is 0.500. The van der Waals surface area contributed by atoms with Crippen molar-refractivity contribution in [3.05, 3.63) is 35.9 Å². The second-order valence-corrected chi connectivity index (χ2v) is 3.72. The van der Waals surface area contributed by atoms with E-state index in [1.54, 1.807) is 0 Å². The largest absolute Gasteiger partial charge is 0.0620 e. The van der Waals surface area contributed by atoms with Gasteiger partial charge in [-0.05, 0) is 30.4 Å². The van der Waals surface area contributed by atoms with Gasteiger partial charge >= 0.3 is 0 Å². The molecule has 1 saturated carbocycles. The monoisotopic (exact) mass is 159 g/mol. The van der Waals surface area contributed by atoms with Crippen molar-refractivity contribution in [2.45, 2.75) is 32.1 Å². The van der Waals surface area contributed by atoms with Gasteiger partial charge in [0.25, 0.3) is 0 Å². The van der Waals surface area contributed by atoms with Gasteiger partial charge in [0.05, 0.1) is 0 Å². The minimum absolute atomic E-state index is 1.03. The summed E-state index contributed by atoms with van der Waals surface area (Å²) < 4.78 is 0. The lowest BCUT2D eigenvalue weighted by Crippen LogP contribution is -2.11. The zero-order valence-corrected chi connectivity index (χ0v) is 7.42. The van der Waals surface area contributed by atoms with E-state index < -0.39 is 0 Å². The second kappa shape index (κ2) is 3.75. The van der Waals surface area contributed by atoms with E-state index in [2.05, 4.69) is 18.2 Å². The number of hydrogen-bond donors (Lipinski definition) is 0. The highest BCUT2D eigenvalue weighted by Crippen LogP contribution is 2.30. The van der Waals surface area contributed by atoms with Crippen LogP contribution in [0.2, 0.25) is 0 Å². The standard InChI is InChI=1S/C12H15/c1-2-5-11(6-3-1)9-10-12-7-4-8-12/h1-3,5,12H,4,7-10H2. The molecule has 0 heteroatoms. The first-order valence-electron chi connectivity index (χ1n) is 4.91. The minimum atomic E-state index is 1.03. The molecule has 0 nitrogen and oxygen atoms in total. The molecule has 1 radical (unpaired) electrons. The third-order valence-electron chi connectivity index (χ3n) is 2.82. The van der Waals surface area contributed by atoms with Crippen LogP contribution in [0.3, 0.4) is 0 Å². The Labute approximate surface area is 74.6 Å². The normalized spacial score (nSPS) is 17.3. The summed E-state index contributed by atoms with van der Waals surface area (Å²) in [6.07, 6.45) is 6.99. The molecule has 1 fully saturated rings. The predicted octanol–water partition coefficient (Wildman–Crippen LogP) is 3.22. The first-order valence-corrected chi connectivity index (χ1v) is 4.91. The van der Waals surface area contributed by atoms with Crippen LogP contribution in [-0.4, -0.2) is 0 Å². The van der Waals surface area contributed by atoms with Gasteiger partial charge in [0.15, 0.2) is 0 Å². The van der Waals surface area contributed by atoms with E-state index in [1.807, 2.05) is 12.1 Å². The molecule has 0 aromatic heterocycles. The highest BCUT2D eigenvalue weighted by Gasteiger charge is 2.16. The Morgan fingerprint density at radius 2 is 2.25 bits per heavy atom. The molecule has 63 valence electrons. The Balaban J connectivity index is 1.79. The van der Waals surface area contributed by atoms with E-state index in [1.165, 1.54) is 37.7 Å². The number of rotatable bonds is 3. The fourth-order valence-corrected chi connectivity index (χ4v) is 1.73. The van der Waals surface area contributed by atoms with Crippen molar-refractivity contribution in [2.24, 2.45) is 5.92 Å². The van der Waals surface area contributed by atoms with Gasteiger partial charge in [0.2, 0.25) is 0 Å². The van der Waals surface area contributed by atoms with Gasteiger partial charge in [-0.15, -0.1) is 0 Å². The number of hydrogen-bond acceptors (Lipinski definition) is 0. The molecule has 2 rings (SSSR count). The number of benzene rings is 1. The van der Waals surface area contributed by atoms with Crippen molar-refractivity contribution < 1.29 is 0 Å². The Kier molecular flexibility index (Phi) is 2.45. The van der Waals surface area contributed by atoms with Gasteiger partial charge in [-0.25, -0.2) is 0 Å². The average molecular weight is 159 g/mol. The molecule has 0 N–H and O–H groups in total. The Hall–Kier alpha value is -0.780. The van der Waals surface area contributed by atoms with Crippen molar-refractivity contribution in [3.63, 3.8) is 0 Å². The van der Waals surface area contributed by atoms with E-state index in [0.717, 1.165) is 5.92 Å². The Morgan fingerprint density at radius 3 is 2.83 bits per heavy atom. The summed E-state index contributed by atoms with van der Waals surface area (Å²) in [5, 5.41) is 0. The average Bonchev–Trinajstić information content (AvgIpc) is 2.04. The van der Waals surface area contributed by atoms with Crippen molar-refractivity contribution in [1.29, 1.82) is 0 Å². The first kappa shape index (κ1) is 7.85. The molecular formula is C12H15. The van der Waals surface area contributed by atoms with Crippen molar-refractivity contribution in [1.82, 2.24) is 0 Å². The fourth-order valence-electron chi connectivity index (χ4n) is 1.73. The highest BCUT2D eigenvalue weighted by atomic mass is 14.2. The van der Waals surface area contributed by atoms with Crippen LogP contribution in [0.4, 0.5) is 0 Å². The zero-order valence-electron chi connectivity index (χ0n) is 7.42. The minimum Gasteiger partial charge on any atom is -0.0620 e. The topological polar surface area (TPSA) is 0 Å². The van der Waals surface area contributed by atoms with E-state index in [-0.39, 0.29) is 0 Å². The Bertz CT molecular complexity index is 221. The lowest BCUT2D eigenvalue weighted by molar-refractivity contribution is 0.296. The highest BCUT2D eigenvalue weighted by molar-refractivity contribution is 5.13. The summed E-state index contributed by atoms with van der Waals surface area (Å²) in [5.41, 5.74) is 1.38. The summed E-state index contributed by atoms with van der Waals surface area (Å²) in [4.78, 5) is 0. The van der Waals surface area contributed by atoms with Gasteiger partial charge in [0.1, 0.15) is 0 Å². The van der Waals surface area contributed by atoms with E-state index in [0.29, 0.717) is 0 Å². The van der Waals surface area contributed by atoms with Crippen LogP contribution in [0.5, 0.6) is 0 Å². The number of aryl methyl sites for hydroxylation is 1. The third kappa shape index (κ3) is 1.88. The van der Waals surface area contributed by atoms with E-state index in [9.17, 15) is 0 Å². The zero-order chi connectivity index (χ0) is 8.23. The van der Waals surface area contributed by atoms with Gasteiger partial charge in [0, 0.05) is 0 Å². The van der Waals surface area contributed by atoms with Crippen molar-refractivity contribution in [3.8, 4) is 0 Å². The summed E-state index contributed by atoms with van der Waals surface area (Å²) in [7, 11) is 0. The maximum Gasteiger partial charge on any atom is -0.0149 e. The van der Waals surface area contributed by atoms with Crippen LogP contribution in [0.15, 0.2) is 24.3 Å². The molecule has 0 spiro atoms. The molecule has 0 heterocycles. The van der Waals surface area contributed by atoms with Crippen LogP contribution in [0.1, 0.15) is 31.2 Å². The summed E-state index contributed by atoms with van der Waals surface area (Å²) >= 11 is 0. The molecule has 1 aliphatic rings. The quantitative estimate of drug-likeness (QED) is 0.635. The van der Waals surface area contributed by atoms with Crippen LogP contribution >= 0.6 is 0 Å². The molecule has 0 aliphatic heterocycles. The molecule has 1 aromatic rings. The summed E-state index contributed by atoms with van der Waals surface area (Å²) in [5.74, 6) is 1.03. The molecule has 0 atom stereocenters. The van der Waals surface area contributed by atoms with Crippen molar-refractivity contribution >= 4 is 0 Å². The van der Waals surface area contributed by atoms with Gasteiger partial charge in [-0.1, -0.05) is 43.5 Å². The lowest BCUT2D eigenvalue weighted by atomic mass is 9.81. The van der Waals surface area contributed by atoms with Crippen LogP contribution in [-0.2, 0) is 6.42 Å². The molecule has 1 aromatic carbocycles. The SMILES string of the molecule is [c]1ccccc1CCC1CCC1. The smallest absolute Gasteiger partial charge is 0.0149 e. The molecule has 0 unspecified atom stereocenters. The van der Waals surface area contributed by atoms with Crippen LogP contribution in [0, 0.1) is 12.0 Å². The van der Waals surface area contributed by atoms with E-state index in [4.69, 9.17) is 0 Å². The van der Waals surface area contributed by atoms with Gasteiger partial charge in [-0.3, -0.25) is 0 Å². The summed E-state index contributed by atoms with van der Waals surface area (Å²) in [6.45, 7) is 0. The molecular weight excluding hydrogens is 144 g/mol. The molecule has 1 aliphatic carbocycles. The maximum absolute atomic E-state index is 3.27.